The molecule has 2 amide bonds. The van der Waals surface area contributed by atoms with Crippen LogP contribution in [0, 0.1) is 5.92 Å². The number of carboxylic acids is 1. The summed E-state index contributed by atoms with van der Waals surface area (Å²) in [6.07, 6.45) is 1.82. The number of ether oxygens (including phenoxy) is 2. The first-order chi connectivity index (χ1) is 16.5. The SMILES string of the molecule is O=C(N[C@@H](CC1CC1)C(=O)N1CCOCC1C(=O)O)OCC1c2ccccc2-c2ccccc21. The van der Waals surface area contributed by atoms with Gasteiger partial charge in [0.1, 0.15) is 12.6 Å². The molecule has 5 rings (SSSR count). The molecule has 178 valence electrons. The first kappa shape index (κ1) is 22.4. The van der Waals surface area contributed by atoms with Crippen LogP contribution < -0.4 is 5.32 Å². The summed E-state index contributed by atoms with van der Waals surface area (Å²) in [4.78, 5) is 39.0. The number of carboxylic acid groups (broad SMARTS) is 1. The Bertz CT molecular complexity index is 1050. The van der Waals surface area contributed by atoms with E-state index in [4.69, 9.17) is 9.47 Å². The number of hydrogen-bond acceptors (Lipinski definition) is 5. The molecule has 0 radical (unpaired) electrons. The van der Waals surface area contributed by atoms with Crippen LogP contribution in [0.5, 0.6) is 0 Å². The molecule has 2 aromatic rings. The Morgan fingerprint density at radius 3 is 2.32 bits per heavy atom. The van der Waals surface area contributed by atoms with Crippen molar-refractivity contribution in [2.75, 3.05) is 26.4 Å². The van der Waals surface area contributed by atoms with E-state index >= 15 is 0 Å². The van der Waals surface area contributed by atoms with E-state index in [2.05, 4.69) is 17.4 Å². The van der Waals surface area contributed by atoms with Crippen LogP contribution in [-0.2, 0) is 19.1 Å². The molecule has 1 heterocycles. The molecular formula is C26H28N2O6. The molecule has 8 nitrogen and oxygen atoms in total. The lowest BCUT2D eigenvalue weighted by Gasteiger charge is -2.35. The summed E-state index contributed by atoms with van der Waals surface area (Å²) in [5.74, 6) is -1.23. The van der Waals surface area contributed by atoms with Crippen molar-refractivity contribution in [2.24, 2.45) is 5.92 Å². The highest BCUT2D eigenvalue weighted by Crippen LogP contribution is 2.44. The molecule has 1 aliphatic heterocycles. The summed E-state index contributed by atoms with van der Waals surface area (Å²) in [6, 6.07) is 14.3. The molecule has 1 saturated heterocycles. The number of carbonyl (C=O) groups is 3. The monoisotopic (exact) mass is 464 g/mol. The van der Waals surface area contributed by atoms with Crippen LogP contribution in [0.4, 0.5) is 4.79 Å². The van der Waals surface area contributed by atoms with Gasteiger partial charge in [-0.3, -0.25) is 4.79 Å². The zero-order valence-corrected chi connectivity index (χ0v) is 18.8. The minimum atomic E-state index is -1.11. The Balaban J connectivity index is 1.27. The zero-order valence-electron chi connectivity index (χ0n) is 18.8. The highest BCUT2D eigenvalue weighted by Gasteiger charge is 2.39. The molecule has 2 aromatic carbocycles. The van der Waals surface area contributed by atoms with Crippen molar-refractivity contribution in [1.82, 2.24) is 10.2 Å². The van der Waals surface area contributed by atoms with Gasteiger partial charge in [-0.05, 0) is 34.6 Å². The highest BCUT2D eigenvalue weighted by atomic mass is 16.5. The second-order valence-electron chi connectivity index (χ2n) is 9.16. The van der Waals surface area contributed by atoms with Gasteiger partial charge in [-0.2, -0.15) is 0 Å². The second-order valence-corrected chi connectivity index (χ2v) is 9.16. The summed E-state index contributed by atoms with van der Waals surface area (Å²) in [7, 11) is 0. The number of aliphatic carboxylic acids is 1. The lowest BCUT2D eigenvalue weighted by atomic mass is 9.98. The first-order valence-corrected chi connectivity index (χ1v) is 11.8. The van der Waals surface area contributed by atoms with E-state index in [0.717, 1.165) is 35.1 Å². The van der Waals surface area contributed by atoms with Gasteiger partial charge in [0.25, 0.3) is 0 Å². The molecule has 8 heteroatoms. The van der Waals surface area contributed by atoms with Crippen molar-refractivity contribution in [2.45, 2.75) is 37.3 Å². The van der Waals surface area contributed by atoms with Gasteiger partial charge in [-0.25, -0.2) is 9.59 Å². The Labute approximate surface area is 197 Å². The molecule has 0 aromatic heterocycles. The molecule has 2 N–H and O–H groups in total. The molecule has 2 aliphatic carbocycles. The topological polar surface area (TPSA) is 105 Å². The fraction of sp³-hybridized carbons (Fsp3) is 0.423. The molecule has 1 unspecified atom stereocenters. The van der Waals surface area contributed by atoms with E-state index in [9.17, 15) is 19.5 Å². The molecule has 2 fully saturated rings. The summed E-state index contributed by atoms with van der Waals surface area (Å²) >= 11 is 0. The third-order valence-corrected chi connectivity index (χ3v) is 6.90. The fourth-order valence-electron chi connectivity index (χ4n) is 4.96. The third-order valence-electron chi connectivity index (χ3n) is 6.90. The Morgan fingerprint density at radius 1 is 1.06 bits per heavy atom. The van der Waals surface area contributed by atoms with Crippen LogP contribution in [0.1, 0.15) is 36.3 Å². The van der Waals surface area contributed by atoms with Crippen LogP contribution in [0.2, 0.25) is 0 Å². The number of carbonyl (C=O) groups excluding carboxylic acids is 2. The lowest BCUT2D eigenvalue weighted by molar-refractivity contribution is -0.159. The maximum Gasteiger partial charge on any atom is 0.407 e. The number of nitrogens with zero attached hydrogens (tertiary/aromatic N) is 1. The minimum Gasteiger partial charge on any atom is -0.480 e. The van der Waals surface area contributed by atoms with Crippen LogP contribution in [0.15, 0.2) is 48.5 Å². The Morgan fingerprint density at radius 2 is 1.71 bits per heavy atom. The summed E-state index contributed by atoms with van der Waals surface area (Å²) < 4.78 is 10.9. The molecular weight excluding hydrogens is 436 g/mol. The largest absolute Gasteiger partial charge is 0.480 e. The van der Waals surface area contributed by atoms with Crippen molar-refractivity contribution in [3.8, 4) is 11.1 Å². The molecule has 0 spiro atoms. The van der Waals surface area contributed by atoms with E-state index < -0.39 is 30.1 Å². The van der Waals surface area contributed by atoms with Crippen molar-refractivity contribution in [1.29, 1.82) is 0 Å². The van der Waals surface area contributed by atoms with Gasteiger partial charge < -0.3 is 24.8 Å². The van der Waals surface area contributed by atoms with E-state index in [1.54, 1.807) is 0 Å². The second kappa shape index (κ2) is 9.46. The number of benzene rings is 2. The van der Waals surface area contributed by atoms with Crippen molar-refractivity contribution >= 4 is 18.0 Å². The number of amides is 2. The number of nitrogens with one attached hydrogen (secondary N) is 1. The summed E-state index contributed by atoms with van der Waals surface area (Å²) in [6.45, 7) is 0.557. The number of alkyl carbamates (subject to hydrolysis) is 1. The molecule has 2 atom stereocenters. The van der Waals surface area contributed by atoms with E-state index in [0.29, 0.717) is 12.3 Å². The van der Waals surface area contributed by atoms with Crippen molar-refractivity contribution < 1.29 is 29.0 Å². The van der Waals surface area contributed by atoms with Crippen LogP contribution >= 0.6 is 0 Å². The van der Waals surface area contributed by atoms with E-state index in [-0.39, 0.29) is 32.3 Å². The normalized spacial score (nSPS) is 20.2. The quantitative estimate of drug-likeness (QED) is 0.653. The third kappa shape index (κ3) is 4.50. The number of morpholine rings is 1. The van der Waals surface area contributed by atoms with Gasteiger partial charge in [0.15, 0.2) is 6.04 Å². The van der Waals surface area contributed by atoms with Crippen LogP contribution in [-0.4, -0.2) is 66.4 Å². The van der Waals surface area contributed by atoms with E-state index in [1.165, 1.54) is 4.90 Å². The average Bonchev–Trinajstić information content (AvgIpc) is 3.62. The maximum atomic E-state index is 13.2. The highest BCUT2D eigenvalue weighted by molar-refractivity contribution is 5.89. The lowest BCUT2D eigenvalue weighted by Crippen LogP contribution is -2.58. The Hall–Kier alpha value is -3.39. The molecule has 3 aliphatic rings. The standard InChI is InChI=1S/C26H28N2O6/c29-24(28-11-12-33-15-23(28)25(30)31)22(13-16-9-10-16)27-26(32)34-14-21-19-7-3-1-5-17(19)18-6-2-4-8-20(18)21/h1-8,16,21-23H,9-15H2,(H,27,32)(H,30,31)/t22-,23?/m0/s1. The van der Waals surface area contributed by atoms with Gasteiger partial charge in [0, 0.05) is 12.5 Å². The molecule has 0 bridgehead atoms. The van der Waals surface area contributed by atoms with E-state index in [1.807, 2.05) is 36.4 Å². The average molecular weight is 465 g/mol. The van der Waals surface area contributed by atoms with Gasteiger partial charge in [-0.1, -0.05) is 61.4 Å². The smallest absolute Gasteiger partial charge is 0.407 e. The minimum absolute atomic E-state index is 0.0534. The predicted molar refractivity (Wildman–Crippen MR) is 123 cm³/mol. The fourth-order valence-corrected chi connectivity index (χ4v) is 4.96. The number of fused-ring (bicyclic) bond motifs is 3. The van der Waals surface area contributed by atoms with Gasteiger partial charge >= 0.3 is 12.1 Å². The zero-order chi connectivity index (χ0) is 23.7. The maximum absolute atomic E-state index is 13.2. The van der Waals surface area contributed by atoms with Crippen molar-refractivity contribution in [3.63, 3.8) is 0 Å². The van der Waals surface area contributed by atoms with Crippen LogP contribution in [0.3, 0.4) is 0 Å². The first-order valence-electron chi connectivity index (χ1n) is 11.8. The Kier molecular flexibility index (Phi) is 6.24. The van der Waals surface area contributed by atoms with Gasteiger partial charge in [0.05, 0.1) is 13.2 Å². The summed E-state index contributed by atoms with van der Waals surface area (Å²) in [5.41, 5.74) is 4.50. The van der Waals surface area contributed by atoms with Crippen LogP contribution in [0.25, 0.3) is 11.1 Å². The summed E-state index contributed by atoms with van der Waals surface area (Å²) in [5, 5.41) is 12.2. The van der Waals surface area contributed by atoms with Crippen molar-refractivity contribution in [3.05, 3.63) is 59.7 Å². The molecule has 1 saturated carbocycles. The predicted octanol–water partition coefficient (Wildman–Crippen LogP) is 3.01. The molecule has 34 heavy (non-hydrogen) atoms. The van der Waals surface area contributed by atoms with Gasteiger partial charge in [-0.15, -0.1) is 0 Å². The van der Waals surface area contributed by atoms with Gasteiger partial charge in [0.2, 0.25) is 5.91 Å². The number of rotatable bonds is 7. The number of hydrogen-bond donors (Lipinski definition) is 2.